The number of amides is 1. The molecule has 0 aromatic rings. The Labute approximate surface area is 116 Å². The fourth-order valence-electron chi connectivity index (χ4n) is 2.37. The average Bonchev–Trinajstić information content (AvgIpc) is 2.64. The third-order valence-corrected chi connectivity index (χ3v) is 4.41. The van der Waals surface area contributed by atoms with Crippen molar-refractivity contribution >= 4 is 17.7 Å². The van der Waals surface area contributed by atoms with Gasteiger partial charge in [0.05, 0.1) is 6.04 Å². The largest absolute Gasteiger partial charge is 0.341 e. The molecule has 1 fully saturated rings. The normalized spacial score (nSPS) is 20.3. The number of nitrogens with zero attached hydrogens (tertiary/aromatic N) is 1. The van der Waals surface area contributed by atoms with Gasteiger partial charge >= 0.3 is 0 Å². The Morgan fingerprint density at radius 2 is 1.83 bits per heavy atom. The third-order valence-electron chi connectivity index (χ3n) is 3.51. The van der Waals surface area contributed by atoms with Gasteiger partial charge in [-0.2, -0.15) is 11.8 Å². The monoisotopic (exact) mass is 272 g/mol. The minimum Gasteiger partial charge on any atom is -0.341 e. The predicted molar refractivity (Wildman–Crippen MR) is 80.1 cm³/mol. The minimum absolute atomic E-state index is 0.0348. The SMILES string of the molecule is CSCC(C)CNC(C)C(=O)N1CCCCCC1. The lowest BCUT2D eigenvalue weighted by Crippen LogP contribution is -2.46. The van der Waals surface area contributed by atoms with Gasteiger partial charge < -0.3 is 10.2 Å². The molecule has 1 amide bonds. The molecule has 1 N–H and O–H groups in total. The summed E-state index contributed by atoms with van der Waals surface area (Å²) in [7, 11) is 0. The summed E-state index contributed by atoms with van der Waals surface area (Å²) < 4.78 is 0. The van der Waals surface area contributed by atoms with Gasteiger partial charge in [-0.1, -0.05) is 19.8 Å². The maximum atomic E-state index is 12.3. The molecule has 2 atom stereocenters. The van der Waals surface area contributed by atoms with Crippen LogP contribution < -0.4 is 5.32 Å². The lowest BCUT2D eigenvalue weighted by molar-refractivity contribution is -0.133. The summed E-state index contributed by atoms with van der Waals surface area (Å²) in [5.74, 6) is 2.06. The van der Waals surface area contributed by atoms with Crippen molar-refractivity contribution in [3.8, 4) is 0 Å². The molecule has 1 rings (SSSR count). The number of carbonyl (C=O) groups is 1. The number of hydrogen-bond donors (Lipinski definition) is 1. The molecule has 106 valence electrons. The van der Waals surface area contributed by atoms with Crippen molar-refractivity contribution in [2.24, 2.45) is 5.92 Å². The van der Waals surface area contributed by atoms with Crippen molar-refractivity contribution < 1.29 is 4.79 Å². The first kappa shape index (κ1) is 15.8. The number of hydrogen-bond acceptors (Lipinski definition) is 3. The van der Waals surface area contributed by atoms with Crippen molar-refractivity contribution in [2.45, 2.75) is 45.6 Å². The zero-order chi connectivity index (χ0) is 13.4. The van der Waals surface area contributed by atoms with Crippen molar-refractivity contribution in [1.82, 2.24) is 10.2 Å². The summed E-state index contributed by atoms with van der Waals surface area (Å²) >= 11 is 1.87. The van der Waals surface area contributed by atoms with E-state index in [0.717, 1.165) is 25.4 Å². The molecule has 0 radical (unpaired) electrons. The van der Waals surface area contributed by atoms with Gasteiger partial charge in [-0.3, -0.25) is 4.79 Å². The maximum Gasteiger partial charge on any atom is 0.239 e. The summed E-state index contributed by atoms with van der Waals surface area (Å²) in [6, 6.07) is -0.0348. The van der Waals surface area contributed by atoms with Crippen LogP contribution in [-0.4, -0.2) is 48.5 Å². The molecule has 0 aliphatic carbocycles. The van der Waals surface area contributed by atoms with E-state index in [-0.39, 0.29) is 11.9 Å². The molecule has 1 aliphatic rings. The Morgan fingerprint density at radius 3 is 2.39 bits per heavy atom. The van der Waals surface area contributed by atoms with Crippen LogP contribution in [0.1, 0.15) is 39.5 Å². The summed E-state index contributed by atoms with van der Waals surface area (Å²) in [5, 5.41) is 3.38. The number of rotatable bonds is 6. The molecule has 1 heterocycles. The maximum absolute atomic E-state index is 12.3. The van der Waals surface area contributed by atoms with E-state index in [4.69, 9.17) is 0 Å². The van der Waals surface area contributed by atoms with E-state index in [9.17, 15) is 4.79 Å². The molecule has 1 aliphatic heterocycles. The zero-order valence-electron chi connectivity index (χ0n) is 12.1. The smallest absolute Gasteiger partial charge is 0.239 e. The molecular weight excluding hydrogens is 244 g/mol. The first-order valence-corrected chi connectivity index (χ1v) is 8.55. The number of carbonyl (C=O) groups excluding carboxylic acids is 1. The fourth-order valence-corrected chi connectivity index (χ4v) is 3.06. The number of nitrogens with one attached hydrogen (secondary N) is 1. The molecule has 0 saturated carbocycles. The van der Waals surface area contributed by atoms with E-state index in [1.165, 1.54) is 25.7 Å². The molecule has 18 heavy (non-hydrogen) atoms. The lowest BCUT2D eigenvalue weighted by atomic mass is 10.2. The number of thioether (sulfide) groups is 1. The standard InChI is InChI=1S/C14H28N2OS/c1-12(11-18-3)10-15-13(2)14(17)16-8-6-4-5-7-9-16/h12-13,15H,4-11H2,1-3H3. The van der Waals surface area contributed by atoms with E-state index in [2.05, 4.69) is 18.5 Å². The summed E-state index contributed by atoms with van der Waals surface area (Å²) in [6.45, 7) is 7.06. The van der Waals surface area contributed by atoms with E-state index in [1.807, 2.05) is 23.6 Å². The van der Waals surface area contributed by atoms with Gasteiger partial charge in [0.2, 0.25) is 5.91 Å². The highest BCUT2D eigenvalue weighted by molar-refractivity contribution is 7.98. The summed E-state index contributed by atoms with van der Waals surface area (Å²) in [5.41, 5.74) is 0. The highest BCUT2D eigenvalue weighted by Crippen LogP contribution is 2.11. The quantitative estimate of drug-likeness (QED) is 0.805. The molecule has 3 nitrogen and oxygen atoms in total. The fraction of sp³-hybridized carbons (Fsp3) is 0.929. The van der Waals surface area contributed by atoms with Gasteiger partial charge in [-0.15, -0.1) is 0 Å². The predicted octanol–water partition coefficient (Wildman–Crippen LogP) is 2.37. The van der Waals surface area contributed by atoms with Gasteiger partial charge in [-0.25, -0.2) is 0 Å². The van der Waals surface area contributed by atoms with Crippen LogP contribution in [-0.2, 0) is 4.79 Å². The van der Waals surface area contributed by atoms with Crippen LogP contribution in [0.25, 0.3) is 0 Å². The summed E-state index contributed by atoms with van der Waals surface area (Å²) in [4.78, 5) is 14.3. The zero-order valence-corrected chi connectivity index (χ0v) is 12.9. The van der Waals surface area contributed by atoms with Crippen LogP contribution in [0.15, 0.2) is 0 Å². The van der Waals surface area contributed by atoms with Crippen LogP contribution in [0.5, 0.6) is 0 Å². The van der Waals surface area contributed by atoms with Crippen molar-refractivity contribution in [3.05, 3.63) is 0 Å². The van der Waals surface area contributed by atoms with Crippen LogP contribution in [0.3, 0.4) is 0 Å². The van der Waals surface area contributed by atoms with E-state index < -0.39 is 0 Å². The van der Waals surface area contributed by atoms with Crippen molar-refractivity contribution in [3.63, 3.8) is 0 Å². The topological polar surface area (TPSA) is 32.3 Å². The third kappa shape index (κ3) is 5.61. The first-order chi connectivity index (χ1) is 8.65. The first-order valence-electron chi connectivity index (χ1n) is 7.16. The van der Waals surface area contributed by atoms with Crippen LogP contribution in [0, 0.1) is 5.92 Å². The van der Waals surface area contributed by atoms with Crippen LogP contribution >= 0.6 is 11.8 Å². The molecule has 2 unspecified atom stereocenters. The lowest BCUT2D eigenvalue weighted by Gasteiger charge is -2.25. The average molecular weight is 272 g/mol. The Balaban J connectivity index is 2.30. The van der Waals surface area contributed by atoms with E-state index >= 15 is 0 Å². The van der Waals surface area contributed by atoms with Gasteiger partial charge in [0, 0.05) is 13.1 Å². The Morgan fingerprint density at radius 1 is 1.22 bits per heavy atom. The second-order valence-corrected chi connectivity index (χ2v) is 6.34. The second kappa shape index (κ2) is 8.81. The van der Waals surface area contributed by atoms with Crippen molar-refractivity contribution in [1.29, 1.82) is 0 Å². The Bertz CT molecular complexity index is 240. The molecule has 0 aromatic heterocycles. The van der Waals surface area contributed by atoms with E-state index in [1.54, 1.807) is 0 Å². The second-order valence-electron chi connectivity index (χ2n) is 5.43. The van der Waals surface area contributed by atoms with Crippen LogP contribution in [0.2, 0.25) is 0 Å². The summed E-state index contributed by atoms with van der Waals surface area (Å²) in [6.07, 6.45) is 7.01. The van der Waals surface area contributed by atoms with Gasteiger partial charge in [0.15, 0.2) is 0 Å². The van der Waals surface area contributed by atoms with Crippen LogP contribution in [0.4, 0.5) is 0 Å². The molecule has 1 saturated heterocycles. The van der Waals surface area contributed by atoms with Gasteiger partial charge in [0.25, 0.3) is 0 Å². The highest BCUT2D eigenvalue weighted by atomic mass is 32.2. The molecule has 4 heteroatoms. The highest BCUT2D eigenvalue weighted by Gasteiger charge is 2.21. The van der Waals surface area contributed by atoms with Gasteiger partial charge in [0.1, 0.15) is 0 Å². The van der Waals surface area contributed by atoms with Crippen molar-refractivity contribution in [2.75, 3.05) is 31.6 Å². The molecule has 0 bridgehead atoms. The van der Waals surface area contributed by atoms with Gasteiger partial charge in [-0.05, 0) is 44.2 Å². The molecule has 0 aromatic carbocycles. The molecule has 0 spiro atoms. The minimum atomic E-state index is -0.0348. The molecular formula is C14H28N2OS. The Hall–Kier alpha value is -0.220. The van der Waals surface area contributed by atoms with E-state index in [0.29, 0.717) is 5.92 Å². The number of likely N-dealkylation sites (tertiary alicyclic amines) is 1. The Kier molecular flexibility index (Phi) is 7.75.